The molecule has 2 heterocycles. The van der Waals surface area contributed by atoms with E-state index in [1.54, 1.807) is 30.5 Å². The number of nitrogens with one attached hydrogen (secondary N) is 1. The molecule has 114 valence electrons. The second-order valence-electron chi connectivity index (χ2n) is 4.89. The first kappa shape index (κ1) is 15.4. The molecule has 3 rings (SSSR count). The number of carbonyl (C=O) groups is 1. The molecule has 0 spiro atoms. The fraction of sp³-hybridized carbons (Fsp3) is 0.200. The molecule has 1 amide bonds. The molecule has 1 aliphatic heterocycles. The Kier molecular flexibility index (Phi) is 4.43. The van der Waals surface area contributed by atoms with Gasteiger partial charge in [-0.25, -0.2) is 4.98 Å². The molecule has 0 fully saturated rings. The Balaban J connectivity index is 1.70. The Morgan fingerprint density at radius 2 is 2.14 bits per heavy atom. The van der Waals surface area contributed by atoms with Crippen molar-refractivity contribution in [3.05, 3.63) is 56.8 Å². The number of ether oxygens (including phenoxy) is 1. The van der Waals surface area contributed by atoms with Crippen LogP contribution >= 0.6 is 34.8 Å². The summed E-state index contributed by atoms with van der Waals surface area (Å²) in [5, 5.41) is 4.28. The molecule has 0 bridgehead atoms. The number of benzene rings is 1. The van der Waals surface area contributed by atoms with E-state index in [1.807, 2.05) is 0 Å². The molecule has 1 aliphatic rings. The van der Waals surface area contributed by atoms with Crippen LogP contribution < -0.4 is 10.1 Å². The lowest BCUT2D eigenvalue weighted by Gasteiger charge is -2.12. The molecule has 0 aliphatic carbocycles. The van der Waals surface area contributed by atoms with Gasteiger partial charge in [0.05, 0.1) is 18.7 Å². The minimum atomic E-state index is -0.242. The van der Waals surface area contributed by atoms with E-state index in [4.69, 9.17) is 39.5 Å². The summed E-state index contributed by atoms with van der Waals surface area (Å²) in [6, 6.07) is 6.52. The van der Waals surface area contributed by atoms with Gasteiger partial charge < -0.3 is 10.1 Å². The Hall–Kier alpha value is -1.49. The van der Waals surface area contributed by atoms with Crippen LogP contribution in [-0.4, -0.2) is 17.5 Å². The zero-order valence-electron chi connectivity index (χ0n) is 11.3. The maximum atomic E-state index is 12.2. The highest BCUT2D eigenvalue weighted by atomic mass is 35.5. The third-order valence-corrected chi connectivity index (χ3v) is 4.14. The predicted octanol–water partition coefficient (Wildman–Crippen LogP) is 3.83. The number of hydrogen-bond donors (Lipinski definition) is 1. The molecule has 1 atom stereocenters. The molecular weight excluding hydrogens is 347 g/mol. The van der Waals surface area contributed by atoms with Crippen molar-refractivity contribution < 1.29 is 9.53 Å². The van der Waals surface area contributed by atoms with E-state index in [1.165, 1.54) is 0 Å². The number of nitrogens with zero attached hydrogens (tertiary/aromatic N) is 1. The van der Waals surface area contributed by atoms with Crippen molar-refractivity contribution in [1.29, 1.82) is 0 Å². The first-order chi connectivity index (χ1) is 10.5. The van der Waals surface area contributed by atoms with Crippen LogP contribution in [0.1, 0.15) is 17.2 Å². The lowest BCUT2D eigenvalue weighted by Crippen LogP contribution is -2.30. The largest absolute Gasteiger partial charge is 0.489 e. The number of pyridine rings is 1. The first-order valence-corrected chi connectivity index (χ1v) is 7.68. The highest BCUT2D eigenvalue weighted by Crippen LogP contribution is 2.33. The van der Waals surface area contributed by atoms with Crippen molar-refractivity contribution in [3.63, 3.8) is 0 Å². The van der Waals surface area contributed by atoms with Crippen molar-refractivity contribution in [2.24, 2.45) is 0 Å². The van der Waals surface area contributed by atoms with E-state index in [9.17, 15) is 4.79 Å². The second-order valence-corrected chi connectivity index (χ2v) is 6.12. The summed E-state index contributed by atoms with van der Waals surface area (Å²) in [4.78, 5) is 16.1. The topological polar surface area (TPSA) is 51.2 Å². The molecule has 4 nitrogen and oxygen atoms in total. The number of carbonyl (C=O) groups excluding carboxylic acids is 1. The summed E-state index contributed by atoms with van der Waals surface area (Å²) in [5.41, 5.74) is 1.55. The highest BCUT2D eigenvalue weighted by Gasteiger charge is 2.26. The number of fused-ring (bicyclic) bond motifs is 1. The maximum absolute atomic E-state index is 12.2. The van der Waals surface area contributed by atoms with Gasteiger partial charge in [-0.15, -0.1) is 0 Å². The number of halogens is 3. The normalized spacial score (nSPS) is 16.0. The standard InChI is InChI=1S/C15H11Cl3N2O2/c16-9-2-1-8(11(17)4-9)3-15(21)20-12-7-22-13-6-19-14(18)5-10(12)13/h1-2,4-6,12H,3,7H2,(H,20,21). The van der Waals surface area contributed by atoms with Crippen LogP contribution in [0, 0.1) is 0 Å². The maximum Gasteiger partial charge on any atom is 0.225 e. The van der Waals surface area contributed by atoms with Gasteiger partial charge >= 0.3 is 0 Å². The molecular formula is C15H11Cl3N2O2. The summed E-state index contributed by atoms with van der Waals surface area (Å²) in [6.07, 6.45) is 1.72. The molecule has 22 heavy (non-hydrogen) atoms. The quantitative estimate of drug-likeness (QED) is 0.849. The lowest BCUT2D eigenvalue weighted by molar-refractivity contribution is -0.121. The van der Waals surface area contributed by atoms with Crippen LogP contribution in [0.2, 0.25) is 15.2 Å². The van der Waals surface area contributed by atoms with Crippen molar-refractivity contribution in [2.45, 2.75) is 12.5 Å². The molecule has 1 aromatic carbocycles. The van der Waals surface area contributed by atoms with Crippen LogP contribution in [0.15, 0.2) is 30.5 Å². The average molecular weight is 358 g/mol. The van der Waals surface area contributed by atoms with E-state index in [0.29, 0.717) is 27.6 Å². The van der Waals surface area contributed by atoms with Crippen molar-refractivity contribution in [2.75, 3.05) is 6.61 Å². The summed E-state index contributed by atoms with van der Waals surface area (Å²) in [6.45, 7) is 0.359. The third kappa shape index (κ3) is 3.29. The smallest absolute Gasteiger partial charge is 0.225 e. The fourth-order valence-electron chi connectivity index (χ4n) is 2.29. The van der Waals surface area contributed by atoms with Gasteiger partial charge in [-0.05, 0) is 23.8 Å². The van der Waals surface area contributed by atoms with Gasteiger partial charge in [-0.2, -0.15) is 0 Å². The fourth-order valence-corrected chi connectivity index (χ4v) is 2.93. The highest BCUT2D eigenvalue weighted by molar-refractivity contribution is 6.35. The van der Waals surface area contributed by atoms with E-state index >= 15 is 0 Å². The van der Waals surface area contributed by atoms with Gasteiger partial charge in [0.15, 0.2) is 0 Å². The SMILES string of the molecule is O=C(Cc1ccc(Cl)cc1Cl)NC1COc2cnc(Cl)cc21. The van der Waals surface area contributed by atoms with Gasteiger partial charge in [0, 0.05) is 15.6 Å². The Morgan fingerprint density at radius 3 is 2.91 bits per heavy atom. The Morgan fingerprint density at radius 1 is 1.32 bits per heavy atom. The molecule has 2 aromatic rings. The first-order valence-electron chi connectivity index (χ1n) is 6.54. The van der Waals surface area contributed by atoms with Gasteiger partial charge in [0.25, 0.3) is 0 Å². The van der Waals surface area contributed by atoms with E-state index in [2.05, 4.69) is 10.3 Å². The summed E-state index contributed by atoms with van der Waals surface area (Å²) in [7, 11) is 0. The summed E-state index contributed by atoms with van der Waals surface area (Å²) in [5.74, 6) is 0.484. The van der Waals surface area contributed by atoms with Gasteiger partial charge in [0.2, 0.25) is 5.91 Å². The predicted molar refractivity (Wildman–Crippen MR) is 85.8 cm³/mol. The van der Waals surface area contributed by atoms with E-state index < -0.39 is 0 Å². The third-order valence-electron chi connectivity index (χ3n) is 3.35. The average Bonchev–Trinajstić information content (AvgIpc) is 2.84. The van der Waals surface area contributed by atoms with Gasteiger partial charge in [0.1, 0.15) is 17.5 Å². The van der Waals surface area contributed by atoms with Crippen LogP contribution in [0.5, 0.6) is 5.75 Å². The van der Waals surface area contributed by atoms with Crippen LogP contribution in [0.3, 0.4) is 0 Å². The summed E-state index contributed by atoms with van der Waals surface area (Å²) >= 11 is 17.8. The van der Waals surface area contributed by atoms with Gasteiger partial charge in [-0.1, -0.05) is 40.9 Å². The molecule has 7 heteroatoms. The second kappa shape index (κ2) is 6.32. The lowest BCUT2D eigenvalue weighted by atomic mass is 10.1. The number of aromatic nitrogens is 1. The van der Waals surface area contributed by atoms with Crippen LogP contribution in [0.4, 0.5) is 0 Å². The number of amides is 1. The van der Waals surface area contributed by atoms with E-state index in [-0.39, 0.29) is 18.4 Å². The molecule has 1 unspecified atom stereocenters. The van der Waals surface area contributed by atoms with Gasteiger partial charge in [-0.3, -0.25) is 4.79 Å². The molecule has 0 saturated heterocycles. The Labute approximate surface area is 142 Å². The number of rotatable bonds is 3. The Bertz CT molecular complexity index is 737. The van der Waals surface area contributed by atoms with Crippen molar-refractivity contribution in [1.82, 2.24) is 10.3 Å². The molecule has 1 aromatic heterocycles. The molecule has 0 radical (unpaired) electrons. The van der Waals surface area contributed by atoms with E-state index in [0.717, 1.165) is 11.1 Å². The monoisotopic (exact) mass is 356 g/mol. The molecule has 1 N–H and O–H groups in total. The van der Waals surface area contributed by atoms with Crippen LogP contribution in [0.25, 0.3) is 0 Å². The minimum Gasteiger partial charge on any atom is -0.489 e. The zero-order valence-corrected chi connectivity index (χ0v) is 13.5. The zero-order chi connectivity index (χ0) is 15.7. The van der Waals surface area contributed by atoms with Crippen molar-refractivity contribution >= 4 is 40.7 Å². The van der Waals surface area contributed by atoms with Crippen LogP contribution in [-0.2, 0) is 11.2 Å². The molecule has 0 saturated carbocycles. The summed E-state index contributed by atoms with van der Waals surface area (Å²) < 4.78 is 5.48. The van der Waals surface area contributed by atoms with Crippen molar-refractivity contribution in [3.8, 4) is 5.75 Å². The number of hydrogen-bond acceptors (Lipinski definition) is 3. The minimum absolute atomic E-state index is 0.154.